The second-order valence-corrected chi connectivity index (χ2v) is 5.46. The van der Waals surface area contributed by atoms with Crippen LogP contribution in [0.2, 0.25) is 0 Å². The molecule has 0 bridgehead atoms. The fourth-order valence-corrected chi connectivity index (χ4v) is 2.19. The summed E-state index contributed by atoms with van der Waals surface area (Å²) in [6.07, 6.45) is 2.25. The number of carbonyl (C=O) groups excluding carboxylic acids is 1. The van der Waals surface area contributed by atoms with Crippen LogP contribution in [0.3, 0.4) is 0 Å². The van der Waals surface area contributed by atoms with Gasteiger partial charge >= 0.3 is 5.97 Å². The van der Waals surface area contributed by atoms with E-state index in [1.54, 1.807) is 37.3 Å². The van der Waals surface area contributed by atoms with Crippen LogP contribution in [0.4, 0.5) is 0 Å². The minimum Gasteiger partial charge on any atom is -0.449 e. The molecule has 128 valence electrons. The predicted octanol–water partition coefficient (Wildman–Crippen LogP) is 3.93. The molecule has 0 saturated heterocycles. The van der Waals surface area contributed by atoms with Crippen LogP contribution in [-0.2, 0) is 9.53 Å². The van der Waals surface area contributed by atoms with Gasteiger partial charge in [-0.05, 0) is 42.8 Å². The second kappa shape index (κ2) is 7.90. The van der Waals surface area contributed by atoms with Crippen LogP contribution in [0.25, 0.3) is 17.5 Å². The number of hydrogen-bond acceptors (Lipinski definition) is 6. The van der Waals surface area contributed by atoms with E-state index in [0.29, 0.717) is 11.5 Å². The first-order valence-electron chi connectivity index (χ1n) is 7.93. The summed E-state index contributed by atoms with van der Waals surface area (Å²) in [5.41, 5.74) is 2.15. The molecular formula is C20H15N3O3. The molecule has 1 heterocycles. The monoisotopic (exact) mass is 345 g/mol. The summed E-state index contributed by atoms with van der Waals surface area (Å²) in [5.74, 6) is 0.0712. The van der Waals surface area contributed by atoms with Crippen molar-refractivity contribution in [1.82, 2.24) is 10.2 Å². The van der Waals surface area contributed by atoms with Crippen molar-refractivity contribution in [1.29, 1.82) is 5.26 Å². The summed E-state index contributed by atoms with van der Waals surface area (Å²) in [7, 11) is 0. The average molecular weight is 345 g/mol. The van der Waals surface area contributed by atoms with E-state index in [9.17, 15) is 4.79 Å². The van der Waals surface area contributed by atoms with Crippen LogP contribution >= 0.6 is 0 Å². The van der Waals surface area contributed by atoms with Gasteiger partial charge in [0.05, 0.1) is 11.6 Å². The standard InChI is InChI=1S/C20H15N3O3/c1-14(19-22-23-20(26-19)17-5-3-2-4-6-17)25-18(24)12-11-15-7-9-16(13-21)10-8-15/h2-12,14H,1H3/b12-11+/t14-/m1/s1. The van der Waals surface area contributed by atoms with Gasteiger partial charge in [-0.3, -0.25) is 0 Å². The first kappa shape index (κ1) is 17.1. The zero-order valence-corrected chi connectivity index (χ0v) is 14.0. The molecule has 0 saturated carbocycles. The molecule has 6 heteroatoms. The number of aromatic nitrogens is 2. The highest BCUT2D eigenvalue weighted by atomic mass is 16.6. The molecule has 2 aromatic carbocycles. The normalized spacial score (nSPS) is 11.8. The van der Waals surface area contributed by atoms with E-state index in [2.05, 4.69) is 10.2 Å². The Kier molecular flexibility index (Phi) is 5.20. The van der Waals surface area contributed by atoms with Gasteiger partial charge in [-0.2, -0.15) is 5.26 Å². The maximum atomic E-state index is 11.9. The smallest absolute Gasteiger partial charge is 0.331 e. The summed E-state index contributed by atoms with van der Waals surface area (Å²) < 4.78 is 10.8. The zero-order valence-electron chi connectivity index (χ0n) is 14.0. The van der Waals surface area contributed by atoms with Crippen LogP contribution in [0, 0.1) is 11.3 Å². The molecule has 0 spiro atoms. The predicted molar refractivity (Wildman–Crippen MR) is 94.4 cm³/mol. The van der Waals surface area contributed by atoms with Gasteiger partial charge < -0.3 is 9.15 Å². The van der Waals surface area contributed by atoms with Gasteiger partial charge in [0.25, 0.3) is 5.89 Å². The molecule has 6 nitrogen and oxygen atoms in total. The minimum atomic E-state index is -0.668. The Morgan fingerprint density at radius 1 is 1.15 bits per heavy atom. The molecular weight excluding hydrogens is 330 g/mol. The van der Waals surface area contributed by atoms with Gasteiger partial charge in [0.15, 0.2) is 6.10 Å². The summed E-state index contributed by atoms with van der Waals surface area (Å²) in [5, 5.41) is 16.7. The number of ether oxygens (including phenoxy) is 1. The van der Waals surface area contributed by atoms with E-state index < -0.39 is 12.1 Å². The maximum absolute atomic E-state index is 11.9. The van der Waals surface area contributed by atoms with Gasteiger partial charge in [-0.15, -0.1) is 10.2 Å². The lowest BCUT2D eigenvalue weighted by Crippen LogP contribution is -2.06. The van der Waals surface area contributed by atoms with Crippen molar-refractivity contribution in [2.24, 2.45) is 0 Å². The highest BCUT2D eigenvalue weighted by Crippen LogP contribution is 2.22. The number of nitriles is 1. The molecule has 0 amide bonds. The zero-order chi connectivity index (χ0) is 18.4. The first-order chi connectivity index (χ1) is 12.7. The topological polar surface area (TPSA) is 89.0 Å². The SMILES string of the molecule is C[C@@H](OC(=O)/C=C/c1ccc(C#N)cc1)c1nnc(-c2ccccc2)o1. The Balaban J connectivity index is 1.61. The molecule has 1 atom stereocenters. The number of hydrogen-bond donors (Lipinski definition) is 0. The quantitative estimate of drug-likeness (QED) is 0.514. The van der Waals surface area contributed by atoms with Gasteiger partial charge in [-0.1, -0.05) is 30.3 Å². The Morgan fingerprint density at radius 3 is 2.58 bits per heavy atom. The summed E-state index contributed by atoms with van der Waals surface area (Å²) in [4.78, 5) is 11.9. The van der Waals surface area contributed by atoms with E-state index in [4.69, 9.17) is 14.4 Å². The summed E-state index contributed by atoms with van der Waals surface area (Å²) in [6.45, 7) is 1.66. The lowest BCUT2D eigenvalue weighted by Gasteiger charge is -2.06. The molecule has 3 rings (SSSR count). The third-order valence-electron chi connectivity index (χ3n) is 3.55. The van der Waals surface area contributed by atoms with Crippen molar-refractivity contribution in [3.8, 4) is 17.5 Å². The minimum absolute atomic E-state index is 0.226. The molecule has 0 aliphatic rings. The largest absolute Gasteiger partial charge is 0.449 e. The Hall–Kier alpha value is -3.72. The van der Waals surface area contributed by atoms with E-state index in [1.165, 1.54) is 6.08 Å². The van der Waals surface area contributed by atoms with Crippen LogP contribution in [0.5, 0.6) is 0 Å². The molecule has 0 aliphatic carbocycles. The average Bonchev–Trinajstić information content (AvgIpc) is 3.18. The van der Waals surface area contributed by atoms with Crippen LogP contribution in [0.15, 0.2) is 65.1 Å². The third kappa shape index (κ3) is 4.22. The number of nitrogens with zero attached hydrogens (tertiary/aromatic N) is 3. The fraction of sp³-hybridized carbons (Fsp3) is 0.100. The summed E-state index contributed by atoms with van der Waals surface area (Å²) in [6, 6.07) is 18.2. The third-order valence-corrected chi connectivity index (χ3v) is 3.55. The highest BCUT2D eigenvalue weighted by molar-refractivity contribution is 5.87. The maximum Gasteiger partial charge on any atom is 0.331 e. The molecule has 3 aromatic rings. The second-order valence-electron chi connectivity index (χ2n) is 5.46. The van der Waals surface area contributed by atoms with Crippen LogP contribution < -0.4 is 0 Å². The molecule has 0 N–H and O–H groups in total. The van der Waals surface area contributed by atoms with Crippen molar-refractivity contribution in [3.05, 3.63) is 77.7 Å². The van der Waals surface area contributed by atoms with Crippen molar-refractivity contribution < 1.29 is 13.9 Å². The lowest BCUT2D eigenvalue weighted by molar-refractivity contribution is -0.143. The number of rotatable bonds is 5. The van der Waals surface area contributed by atoms with Crippen LogP contribution in [-0.4, -0.2) is 16.2 Å². The van der Waals surface area contributed by atoms with Gasteiger partial charge in [0.2, 0.25) is 5.89 Å². The lowest BCUT2D eigenvalue weighted by atomic mass is 10.1. The Bertz CT molecular complexity index is 954. The summed E-state index contributed by atoms with van der Waals surface area (Å²) >= 11 is 0. The highest BCUT2D eigenvalue weighted by Gasteiger charge is 2.17. The van der Waals surface area contributed by atoms with Crippen LogP contribution in [0.1, 0.15) is 30.0 Å². The molecule has 26 heavy (non-hydrogen) atoms. The molecule has 1 aromatic heterocycles. The van der Waals surface area contributed by atoms with Crippen molar-refractivity contribution in [3.63, 3.8) is 0 Å². The first-order valence-corrected chi connectivity index (χ1v) is 7.93. The number of esters is 1. The van der Waals surface area contributed by atoms with Crippen molar-refractivity contribution in [2.75, 3.05) is 0 Å². The van der Waals surface area contributed by atoms with Crippen molar-refractivity contribution in [2.45, 2.75) is 13.0 Å². The van der Waals surface area contributed by atoms with E-state index >= 15 is 0 Å². The van der Waals surface area contributed by atoms with Gasteiger partial charge in [0.1, 0.15) is 0 Å². The molecule has 0 unspecified atom stereocenters. The van der Waals surface area contributed by atoms with E-state index in [1.807, 2.05) is 36.4 Å². The Morgan fingerprint density at radius 2 is 1.88 bits per heavy atom. The molecule has 0 aliphatic heterocycles. The van der Waals surface area contributed by atoms with Crippen molar-refractivity contribution >= 4 is 12.0 Å². The molecule has 0 radical (unpaired) electrons. The molecule has 0 fully saturated rings. The fourth-order valence-electron chi connectivity index (χ4n) is 2.19. The number of benzene rings is 2. The van der Waals surface area contributed by atoms with E-state index in [-0.39, 0.29) is 5.89 Å². The Labute approximate surface area is 150 Å². The van der Waals surface area contributed by atoms with Gasteiger partial charge in [0, 0.05) is 11.6 Å². The van der Waals surface area contributed by atoms with Gasteiger partial charge in [-0.25, -0.2) is 4.79 Å². The van der Waals surface area contributed by atoms with E-state index in [0.717, 1.165) is 11.1 Å². The number of carbonyl (C=O) groups is 1.